The first-order valence-corrected chi connectivity index (χ1v) is 7.02. The molecular formula is C16H20N2O3. The molecule has 0 aliphatic carbocycles. The van der Waals surface area contributed by atoms with Crippen LogP contribution in [0.3, 0.4) is 0 Å². The van der Waals surface area contributed by atoms with Gasteiger partial charge in [0.25, 0.3) is 0 Å². The molecule has 0 spiro atoms. The van der Waals surface area contributed by atoms with Crippen LogP contribution in [0.2, 0.25) is 0 Å². The van der Waals surface area contributed by atoms with Gasteiger partial charge in [0.1, 0.15) is 11.9 Å². The number of hydrogen-bond acceptors (Lipinski definition) is 5. The number of hydrogen-bond donors (Lipinski definition) is 0. The van der Waals surface area contributed by atoms with Crippen LogP contribution in [0, 0.1) is 5.92 Å². The Morgan fingerprint density at radius 2 is 2.00 bits per heavy atom. The van der Waals surface area contributed by atoms with Crippen molar-refractivity contribution in [1.29, 1.82) is 0 Å². The molecule has 5 nitrogen and oxygen atoms in total. The average Bonchev–Trinajstić information content (AvgIpc) is 2.88. The first kappa shape index (κ1) is 15.4. The highest BCUT2D eigenvalue weighted by molar-refractivity contribution is 5.80. The summed E-state index contributed by atoms with van der Waals surface area (Å²) in [6, 6.07) is 9.66. The third-order valence-corrected chi connectivity index (χ3v) is 3.04. The molecule has 0 bridgehead atoms. The van der Waals surface area contributed by atoms with Crippen LogP contribution in [-0.2, 0) is 16.0 Å². The lowest BCUT2D eigenvalue weighted by atomic mass is 10.1. The molecule has 0 radical (unpaired) electrons. The Morgan fingerprint density at radius 1 is 1.29 bits per heavy atom. The van der Waals surface area contributed by atoms with Crippen molar-refractivity contribution < 1.29 is 14.1 Å². The SMILES string of the molecule is COC(c1ccccc1)c1noc(CC(=O)CC(C)C)n1. The molecule has 0 saturated carbocycles. The Bertz CT molecular complexity index is 578. The Balaban J connectivity index is 2.09. The van der Waals surface area contributed by atoms with Crippen molar-refractivity contribution in [2.24, 2.45) is 5.92 Å². The number of ketones is 1. The molecule has 112 valence electrons. The molecule has 2 aromatic rings. The molecule has 0 amide bonds. The summed E-state index contributed by atoms with van der Waals surface area (Å²) in [7, 11) is 1.59. The number of benzene rings is 1. The van der Waals surface area contributed by atoms with Gasteiger partial charge in [-0.15, -0.1) is 0 Å². The number of ether oxygens (including phenoxy) is 1. The van der Waals surface area contributed by atoms with Crippen molar-refractivity contribution in [1.82, 2.24) is 10.1 Å². The summed E-state index contributed by atoms with van der Waals surface area (Å²) in [6.07, 6.45) is 0.310. The van der Waals surface area contributed by atoms with E-state index in [0.717, 1.165) is 5.56 Å². The second-order valence-electron chi connectivity index (χ2n) is 5.39. The van der Waals surface area contributed by atoms with E-state index in [1.54, 1.807) is 7.11 Å². The summed E-state index contributed by atoms with van der Waals surface area (Å²) < 4.78 is 10.6. The van der Waals surface area contributed by atoms with Crippen molar-refractivity contribution in [2.75, 3.05) is 7.11 Å². The number of nitrogens with zero attached hydrogens (tertiary/aromatic N) is 2. The van der Waals surface area contributed by atoms with E-state index < -0.39 is 0 Å². The van der Waals surface area contributed by atoms with Crippen LogP contribution in [0.5, 0.6) is 0 Å². The Kier molecular flexibility index (Phi) is 5.22. The highest BCUT2D eigenvalue weighted by Crippen LogP contribution is 2.22. The predicted octanol–water partition coefficient (Wildman–Crippen LogP) is 2.96. The van der Waals surface area contributed by atoms with E-state index in [2.05, 4.69) is 10.1 Å². The molecule has 1 aromatic heterocycles. The highest BCUT2D eigenvalue weighted by atomic mass is 16.5. The van der Waals surface area contributed by atoms with Gasteiger partial charge in [-0.2, -0.15) is 4.98 Å². The molecule has 5 heteroatoms. The number of carbonyl (C=O) groups is 1. The second-order valence-corrected chi connectivity index (χ2v) is 5.39. The largest absolute Gasteiger partial charge is 0.369 e. The van der Waals surface area contributed by atoms with Gasteiger partial charge in [-0.3, -0.25) is 4.79 Å². The zero-order chi connectivity index (χ0) is 15.2. The lowest BCUT2D eigenvalue weighted by molar-refractivity contribution is -0.119. The molecule has 1 atom stereocenters. The molecule has 0 fully saturated rings. The average molecular weight is 288 g/mol. The molecule has 2 rings (SSSR count). The van der Waals surface area contributed by atoms with Crippen molar-refractivity contribution >= 4 is 5.78 Å². The lowest BCUT2D eigenvalue weighted by Gasteiger charge is -2.10. The van der Waals surface area contributed by atoms with Crippen LogP contribution in [0.15, 0.2) is 34.9 Å². The molecular weight excluding hydrogens is 268 g/mol. The van der Waals surface area contributed by atoms with Crippen LogP contribution >= 0.6 is 0 Å². The van der Waals surface area contributed by atoms with E-state index in [1.807, 2.05) is 44.2 Å². The van der Waals surface area contributed by atoms with Gasteiger partial charge in [-0.25, -0.2) is 0 Å². The Hall–Kier alpha value is -2.01. The van der Waals surface area contributed by atoms with Crippen LogP contribution in [0.4, 0.5) is 0 Å². The zero-order valence-corrected chi connectivity index (χ0v) is 12.6. The van der Waals surface area contributed by atoms with Crippen molar-refractivity contribution in [2.45, 2.75) is 32.8 Å². The first-order valence-electron chi connectivity index (χ1n) is 7.02. The highest BCUT2D eigenvalue weighted by Gasteiger charge is 2.20. The molecule has 1 aromatic carbocycles. The van der Waals surface area contributed by atoms with E-state index in [9.17, 15) is 4.79 Å². The van der Waals surface area contributed by atoms with Crippen LogP contribution in [0.25, 0.3) is 0 Å². The summed E-state index contributed by atoms with van der Waals surface area (Å²) >= 11 is 0. The summed E-state index contributed by atoms with van der Waals surface area (Å²) in [6.45, 7) is 4.01. The number of aromatic nitrogens is 2. The smallest absolute Gasteiger partial charge is 0.234 e. The third kappa shape index (κ3) is 4.23. The molecule has 0 saturated heterocycles. The summed E-state index contributed by atoms with van der Waals surface area (Å²) in [5.74, 6) is 1.22. The zero-order valence-electron chi connectivity index (χ0n) is 12.6. The van der Waals surface area contributed by atoms with Gasteiger partial charge in [-0.1, -0.05) is 49.3 Å². The normalized spacial score (nSPS) is 12.6. The summed E-state index contributed by atoms with van der Waals surface area (Å²) in [5, 5.41) is 3.93. The summed E-state index contributed by atoms with van der Waals surface area (Å²) in [4.78, 5) is 16.1. The third-order valence-electron chi connectivity index (χ3n) is 3.04. The van der Waals surface area contributed by atoms with E-state index >= 15 is 0 Å². The fourth-order valence-corrected chi connectivity index (χ4v) is 2.16. The molecule has 21 heavy (non-hydrogen) atoms. The van der Waals surface area contributed by atoms with Crippen LogP contribution in [-0.4, -0.2) is 23.0 Å². The summed E-state index contributed by atoms with van der Waals surface area (Å²) in [5.41, 5.74) is 0.945. The maximum atomic E-state index is 11.8. The van der Waals surface area contributed by atoms with E-state index in [1.165, 1.54) is 0 Å². The second kappa shape index (κ2) is 7.13. The first-order chi connectivity index (χ1) is 10.1. The standard InChI is InChI=1S/C16H20N2O3/c1-11(2)9-13(19)10-14-17-16(18-21-14)15(20-3)12-7-5-4-6-8-12/h4-8,11,15H,9-10H2,1-3H3. The van der Waals surface area contributed by atoms with Gasteiger partial charge in [0.15, 0.2) is 0 Å². The molecule has 1 heterocycles. The Labute approximate surface area is 124 Å². The molecule has 1 unspecified atom stereocenters. The van der Waals surface area contributed by atoms with E-state index in [4.69, 9.17) is 9.26 Å². The quantitative estimate of drug-likeness (QED) is 0.783. The van der Waals surface area contributed by atoms with Gasteiger partial charge >= 0.3 is 0 Å². The molecule has 0 aliphatic rings. The minimum Gasteiger partial charge on any atom is -0.369 e. The van der Waals surface area contributed by atoms with Crippen molar-refractivity contribution in [3.8, 4) is 0 Å². The van der Waals surface area contributed by atoms with Gasteiger partial charge in [0.05, 0.1) is 6.42 Å². The fraction of sp³-hybridized carbons (Fsp3) is 0.438. The number of Topliss-reactive ketones (excluding diaryl/α,β-unsaturated/α-hetero) is 1. The maximum absolute atomic E-state index is 11.8. The number of methoxy groups -OCH3 is 1. The van der Waals surface area contributed by atoms with Crippen molar-refractivity contribution in [3.05, 3.63) is 47.6 Å². The fourth-order valence-electron chi connectivity index (χ4n) is 2.16. The van der Waals surface area contributed by atoms with Gasteiger partial charge in [0, 0.05) is 13.5 Å². The van der Waals surface area contributed by atoms with Crippen LogP contribution in [0.1, 0.15) is 43.7 Å². The number of carbonyl (C=O) groups excluding carboxylic acids is 1. The van der Waals surface area contributed by atoms with E-state index in [0.29, 0.717) is 24.1 Å². The monoisotopic (exact) mass is 288 g/mol. The van der Waals surface area contributed by atoms with E-state index in [-0.39, 0.29) is 18.3 Å². The van der Waals surface area contributed by atoms with Crippen molar-refractivity contribution in [3.63, 3.8) is 0 Å². The van der Waals surface area contributed by atoms with Gasteiger partial charge in [-0.05, 0) is 11.5 Å². The number of rotatable bonds is 7. The minimum atomic E-state index is -0.385. The minimum absolute atomic E-state index is 0.105. The maximum Gasteiger partial charge on any atom is 0.234 e. The van der Waals surface area contributed by atoms with Gasteiger partial charge in [0.2, 0.25) is 11.7 Å². The lowest BCUT2D eigenvalue weighted by Crippen LogP contribution is -2.08. The topological polar surface area (TPSA) is 65.2 Å². The van der Waals surface area contributed by atoms with Crippen LogP contribution < -0.4 is 0 Å². The predicted molar refractivity (Wildman–Crippen MR) is 77.8 cm³/mol. The Morgan fingerprint density at radius 3 is 2.62 bits per heavy atom. The van der Waals surface area contributed by atoms with Gasteiger partial charge < -0.3 is 9.26 Å². The molecule has 0 aliphatic heterocycles. The molecule has 0 N–H and O–H groups in total.